The summed E-state index contributed by atoms with van der Waals surface area (Å²) in [6.45, 7) is 3.67. The molecule has 0 spiro atoms. The van der Waals surface area contributed by atoms with Gasteiger partial charge in [-0.25, -0.2) is 19.3 Å². The Kier molecular flexibility index (Phi) is 6.45. The Morgan fingerprint density at radius 3 is 2.64 bits per heavy atom. The van der Waals surface area contributed by atoms with Crippen LogP contribution in [0.1, 0.15) is 43.1 Å². The van der Waals surface area contributed by atoms with Crippen LogP contribution in [0.5, 0.6) is 0 Å². The van der Waals surface area contributed by atoms with Crippen molar-refractivity contribution >= 4 is 23.2 Å². The Morgan fingerprint density at radius 1 is 1.18 bits per heavy atom. The number of carbonyl (C=O) groups is 1. The van der Waals surface area contributed by atoms with Gasteiger partial charge in [-0.1, -0.05) is 13.3 Å². The fraction of sp³-hybridized carbons (Fsp3) is 0.348. The number of pyridine rings is 2. The maximum Gasteiger partial charge on any atom is 0.279 e. The molecule has 5 N–H and O–H groups in total. The van der Waals surface area contributed by atoms with Crippen LogP contribution in [0.15, 0.2) is 42.9 Å². The molecule has 1 saturated heterocycles. The number of carbonyl (C=O) groups excluding carboxylic acids is 1. The molecule has 1 amide bonds. The summed E-state index contributed by atoms with van der Waals surface area (Å²) >= 11 is 0. The third-order valence-corrected chi connectivity index (χ3v) is 5.88. The number of nitrogens with zero attached hydrogens (tertiary/aromatic N) is 5. The summed E-state index contributed by atoms with van der Waals surface area (Å²) in [5.41, 5.74) is 13.0. The van der Waals surface area contributed by atoms with Crippen LogP contribution >= 0.6 is 0 Å². The zero-order valence-electron chi connectivity index (χ0n) is 18.5. The molecule has 0 atom stereocenters. The van der Waals surface area contributed by atoms with Crippen molar-refractivity contribution in [1.29, 1.82) is 0 Å². The molecule has 0 aromatic carbocycles. The van der Waals surface area contributed by atoms with E-state index in [1.165, 1.54) is 24.5 Å². The van der Waals surface area contributed by atoms with Crippen molar-refractivity contribution in [2.24, 2.45) is 5.73 Å². The highest BCUT2D eigenvalue weighted by molar-refractivity contribution is 6.06. The van der Waals surface area contributed by atoms with Gasteiger partial charge in [-0.2, -0.15) is 0 Å². The topological polar surface area (TPSA) is 136 Å². The number of nitrogens with two attached hydrogens (primary N) is 2. The van der Waals surface area contributed by atoms with E-state index in [1.807, 2.05) is 12.1 Å². The van der Waals surface area contributed by atoms with Gasteiger partial charge in [0.1, 0.15) is 11.4 Å². The average molecular weight is 451 g/mol. The third kappa shape index (κ3) is 4.90. The fourth-order valence-corrected chi connectivity index (χ4v) is 4.11. The number of piperidine rings is 1. The summed E-state index contributed by atoms with van der Waals surface area (Å²) in [6, 6.07) is 6.45. The van der Waals surface area contributed by atoms with Gasteiger partial charge < -0.3 is 21.7 Å². The van der Waals surface area contributed by atoms with E-state index in [0.717, 1.165) is 44.5 Å². The molecule has 172 valence electrons. The van der Waals surface area contributed by atoms with Crippen molar-refractivity contribution < 1.29 is 9.18 Å². The molecule has 0 saturated carbocycles. The van der Waals surface area contributed by atoms with E-state index < -0.39 is 11.7 Å². The van der Waals surface area contributed by atoms with Crippen LogP contribution in [0.4, 0.5) is 21.7 Å². The maximum atomic E-state index is 14.1. The fourth-order valence-electron chi connectivity index (χ4n) is 4.11. The second-order valence-corrected chi connectivity index (χ2v) is 8.25. The normalized spacial score (nSPS) is 15.3. The Labute approximate surface area is 191 Å². The van der Waals surface area contributed by atoms with Crippen molar-refractivity contribution in [3.63, 3.8) is 0 Å². The van der Waals surface area contributed by atoms with Gasteiger partial charge in [0.2, 0.25) is 0 Å². The number of hydrogen-bond donors (Lipinski definition) is 3. The minimum absolute atomic E-state index is 0.0109. The molecular formula is C23H27FN8O. The van der Waals surface area contributed by atoms with Crippen LogP contribution in [0.2, 0.25) is 0 Å². The highest BCUT2D eigenvalue weighted by Crippen LogP contribution is 2.31. The molecule has 1 aliphatic heterocycles. The quantitative estimate of drug-likeness (QED) is 0.521. The number of rotatable bonds is 6. The predicted octanol–water partition coefficient (Wildman–Crippen LogP) is 3.01. The first-order valence-electron chi connectivity index (χ1n) is 10.9. The summed E-state index contributed by atoms with van der Waals surface area (Å²) in [5.74, 6) is -0.845. The molecule has 3 aromatic heterocycles. The first-order chi connectivity index (χ1) is 15.9. The van der Waals surface area contributed by atoms with Crippen LogP contribution in [-0.2, 0) is 0 Å². The van der Waals surface area contributed by atoms with Crippen LogP contribution in [0, 0.1) is 5.82 Å². The van der Waals surface area contributed by atoms with E-state index in [-0.39, 0.29) is 28.4 Å². The average Bonchev–Trinajstić information content (AvgIpc) is 2.81. The van der Waals surface area contributed by atoms with E-state index in [2.05, 4.69) is 37.1 Å². The van der Waals surface area contributed by atoms with E-state index in [9.17, 15) is 9.18 Å². The molecule has 0 aliphatic carbocycles. The van der Waals surface area contributed by atoms with Crippen LogP contribution in [0.25, 0.3) is 11.4 Å². The lowest BCUT2D eigenvalue weighted by atomic mass is 9.84. The third-order valence-electron chi connectivity index (χ3n) is 5.88. The minimum Gasteiger partial charge on any atom is -0.382 e. The van der Waals surface area contributed by atoms with Gasteiger partial charge in [-0.3, -0.25) is 9.78 Å². The summed E-state index contributed by atoms with van der Waals surface area (Å²) < 4.78 is 14.1. The van der Waals surface area contributed by atoms with Crippen LogP contribution < -0.4 is 21.7 Å². The Bertz CT molecular complexity index is 1150. The second kappa shape index (κ2) is 9.45. The highest BCUT2D eigenvalue weighted by Gasteiger charge is 2.31. The lowest BCUT2D eigenvalue weighted by molar-refractivity contribution is 0.102. The number of aromatic nitrogens is 4. The number of anilines is 3. The van der Waals surface area contributed by atoms with Gasteiger partial charge in [0.15, 0.2) is 23.1 Å². The van der Waals surface area contributed by atoms with Gasteiger partial charge in [-0.05, 0) is 43.5 Å². The van der Waals surface area contributed by atoms with Crippen molar-refractivity contribution in [2.45, 2.75) is 38.1 Å². The predicted molar refractivity (Wildman–Crippen MR) is 125 cm³/mol. The van der Waals surface area contributed by atoms with E-state index in [0.29, 0.717) is 5.82 Å². The summed E-state index contributed by atoms with van der Waals surface area (Å²) in [5, 5.41) is 2.78. The van der Waals surface area contributed by atoms with Gasteiger partial charge in [0, 0.05) is 31.0 Å². The zero-order valence-corrected chi connectivity index (χ0v) is 18.5. The van der Waals surface area contributed by atoms with Crippen LogP contribution in [-0.4, -0.2) is 44.5 Å². The number of nitrogens with one attached hydrogen (secondary N) is 1. The summed E-state index contributed by atoms with van der Waals surface area (Å²) in [7, 11) is 0. The lowest BCUT2D eigenvalue weighted by Crippen LogP contribution is -2.50. The van der Waals surface area contributed by atoms with Crippen molar-refractivity contribution in [3.05, 3.63) is 54.4 Å². The molecule has 10 heteroatoms. The van der Waals surface area contributed by atoms with E-state index in [4.69, 9.17) is 11.5 Å². The largest absolute Gasteiger partial charge is 0.382 e. The van der Waals surface area contributed by atoms with E-state index in [1.54, 1.807) is 6.20 Å². The maximum absolute atomic E-state index is 14.1. The monoisotopic (exact) mass is 450 g/mol. The van der Waals surface area contributed by atoms with Gasteiger partial charge in [0.05, 0.1) is 11.9 Å². The second-order valence-electron chi connectivity index (χ2n) is 8.25. The molecule has 4 rings (SSSR count). The van der Waals surface area contributed by atoms with Crippen molar-refractivity contribution in [1.82, 2.24) is 19.9 Å². The molecule has 0 radical (unpaired) electrons. The molecule has 1 fully saturated rings. The molecule has 33 heavy (non-hydrogen) atoms. The summed E-state index contributed by atoms with van der Waals surface area (Å²) in [4.78, 5) is 31.8. The molecular weight excluding hydrogens is 423 g/mol. The van der Waals surface area contributed by atoms with Gasteiger partial charge in [-0.15, -0.1) is 0 Å². The Balaban J connectivity index is 1.56. The Morgan fingerprint density at radius 2 is 1.91 bits per heavy atom. The number of halogens is 1. The van der Waals surface area contributed by atoms with Crippen molar-refractivity contribution in [2.75, 3.05) is 29.0 Å². The molecule has 4 heterocycles. The first-order valence-corrected chi connectivity index (χ1v) is 10.9. The molecule has 9 nitrogen and oxygen atoms in total. The number of amides is 1. The van der Waals surface area contributed by atoms with Crippen molar-refractivity contribution in [3.8, 4) is 11.4 Å². The summed E-state index contributed by atoms with van der Waals surface area (Å²) in [6.07, 6.45) is 8.08. The minimum atomic E-state index is -0.589. The SMILES string of the molecule is CCCC1(N)CCN(c2cccnc2NC(=O)c2nc(-c3ncccc3F)cnc2N)CC1. The molecule has 0 unspecified atom stereocenters. The smallest absolute Gasteiger partial charge is 0.279 e. The number of hydrogen-bond acceptors (Lipinski definition) is 8. The van der Waals surface area contributed by atoms with E-state index >= 15 is 0 Å². The van der Waals surface area contributed by atoms with Gasteiger partial charge >= 0.3 is 0 Å². The zero-order chi connectivity index (χ0) is 23.4. The standard InChI is InChI=1S/C23H27FN8O/c1-2-7-23(26)8-12-32(13-9-23)17-6-4-11-28-21(17)31-22(33)19-20(25)29-14-16(30-19)18-15(24)5-3-10-27-18/h3-6,10-11,14H,2,7-9,12-13,26H2,1H3,(H2,25,29)(H,28,31,33). The number of nitrogen functional groups attached to an aromatic ring is 1. The molecule has 3 aromatic rings. The highest BCUT2D eigenvalue weighted by atomic mass is 19.1. The molecule has 1 aliphatic rings. The lowest BCUT2D eigenvalue weighted by Gasteiger charge is -2.40. The van der Waals surface area contributed by atoms with Gasteiger partial charge in [0.25, 0.3) is 5.91 Å². The van der Waals surface area contributed by atoms with Crippen LogP contribution in [0.3, 0.4) is 0 Å². The molecule has 0 bridgehead atoms. The first kappa shape index (κ1) is 22.5. The Hall–Kier alpha value is -3.66.